The van der Waals surface area contributed by atoms with E-state index in [9.17, 15) is 0 Å². The number of hydrogen-bond acceptors (Lipinski definition) is 2. The fourth-order valence-electron chi connectivity index (χ4n) is 3.94. The Bertz CT molecular complexity index is 584. The molecular formula is C20H26BrCl2N2O3ReS2-. The third-order valence-electron chi connectivity index (χ3n) is 5.00. The molecule has 0 aromatic carbocycles. The SMILES string of the molecule is ClCCl.S=C([S-])c1n(C2CCCCC2)cc[n+]1C1CCCCC1.[Br-].[C-]#[O+].[C-]#[O+].[C-]#[O+].[Re]. The van der Waals surface area contributed by atoms with Crippen molar-refractivity contribution >= 4 is 52.2 Å². The van der Waals surface area contributed by atoms with Crippen molar-refractivity contribution in [3.63, 3.8) is 0 Å². The molecule has 2 aliphatic rings. The number of aromatic nitrogens is 2. The van der Waals surface area contributed by atoms with Crippen molar-refractivity contribution in [2.75, 3.05) is 5.34 Å². The van der Waals surface area contributed by atoms with E-state index in [4.69, 9.17) is 62.0 Å². The quantitative estimate of drug-likeness (QED) is 0.119. The monoisotopic (exact) mass is 742 g/mol. The number of thiocarbonyl (C=S) groups is 1. The van der Waals surface area contributed by atoms with Crippen LogP contribution in [0.3, 0.4) is 0 Å². The van der Waals surface area contributed by atoms with Gasteiger partial charge in [0, 0.05) is 20.4 Å². The number of nitrogens with zero attached hydrogens (tertiary/aromatic N) is 2. The van der Waals surface area contributed by atoms with Gasteiger partial charge in [-0.05, 0) is 55.6 Å². The Morgan fingerprint density at radius 2 is 1.35 bits per heavy atom. The third kappa shape index (κ3) is 14.4. The molecule has 1 aromatic rings. The zero-order chi connectivity index (χ0) is 22.7. The summed E-state index contributed by atoms with van der Waals surface area (Å²) in [5.41, 5.74) is 0. The van der Waals surface area contributed by atoms with Gasteiger partial charge in [-0.25, -0.2) is 9.13 Å². The number of imidazole rings is 1. The summed E-state index contributed by atoms with van der Waals surface area (Å²) in [5, 5.41) is 0.194. The first-order valence-electron chi connectivity index (χ1n) is 9.25. The van der Waals surface area contributed by atoms with Crippen LogP contribution in [-0.2, 0) is 47.0 Å². The van der Waals surface area contributed by atoms with Gasteiger partial charge in [0.05, 0.1) is 5.34 Å². The Hall–Kier alpha value is 0.462. The summed E-state index contributed by atoms with van der Waals surface area (Å²) >= 11 is 20.3. The second kappa shape index (κ2) is 26.7. The molecule has 0 atom stereocenters. The summed E-state index contributed by atoms with van der Waals surface area (Å²) in [6.45, 7) is 13.5. The molecule has 2 saturated carbocycles. The summed E-state index contributed by atoms with van der Waals surface area (Å²) in [5.74, 6) is 1.13. The van der Waals surface area contributed by atoms with E-state index < -0.39 is 0 Å². The van der Waals surface area contributed by atoms with E-state index in [2.05, 4.69) is 41.5 Å². The van der Waals surface area contributed by atoms with Crippen molar-refractivity contribution in [2.45, 2.75) is 76.3 Å². The topological polar surface area (TPSA) is 68.5 Å². The summed E-state index contributed by atoms with van der Waals surface area (Å²) in [6, 6.07) is 1.23. The summed E-state index contributed by atoms with van der Waals surface area (Å²) in [6.07, 6.45) is 17.7. The smallest absolute Gasteiger partial charge is 0 e. The largest absolute Gasteiger partial charge is 0 e. The van der Waals surface area contributed by atoms with E-state index in [1.807, 2.05) is 0 Å². The van der Waals surface area contributed by atoms with Crippen LogP contribution in [0.2, 0.25) is 0 Å². The molecule has 0 amide bonds. The first-order chi connectivity index (χ1) is 14.2. The van der Waals surface area contributed by atoms with Crippen LogP contribution in [0.4, 0.5) is 0 Å². The number of alkyl halides is 2. The molecule has 3 rings (SSSR count). The van der Waals surface area contributed by atoms with Crippen molar-refractivity contribution in [1.82, 2.24) is 4.57 Å². The molecule has 175 valence electrons. The van der Waals surface area contributed by atoms with Crippen LogP contribution in [0.1, 0.15) is 82.1 Å². The Balaban J connectivity index is -0.000000294. The summed E-state index contributed by atoms with van der Waals surface area (Å²) in [4.78, 5) is 0. The van der Waals surface area contributed by atoms with E-state index in [0.717, 1.165) is 5.82 Å². The predicted octanol–water partition coefficient (Wildman–Crippen LogP) is 2.32. The molecule has 0 aliphatic heterocycles. The Labute approximate surface area is 231 Å². The van der Waals surface area contributed by atoms with E-state index in [0.29, 0.717) is 16.3 Å². The molecule has 0 N–H and O–H groups in total. The van der Waals surface area contributed by atoms with Crippen molar-refractivity contribution in [3.8, 4) is 0 Å². The third-order valence-corrected chi connectivity index (χ3v) is 5.36. The molecule has 1 radical (unpaired) electrons. The maximum absolute atomic E-state index is 7.50. The van der Waals surface area contributed by atoms with Gasteiger partial charge in [0.15, 0.2) is 0 Å². The van der Waals surface area contributed by atoms with Crippen LogP contribution < -0.4 is 21.5 Å². The molecule has 5 nitrogen and oxygen atoms in total. The average Bonchev–Trinajstić information content (AvgIpc) is 3.25. The van der Waals surface area contributed by atoms with Gasteiger partial charge in [0.1, 0.15) is 24.5 Å². The molecule has 0 unspecified atom stereocenters. The zero-order valence-electron chi connectivity index (χ0n) is 17.0. The van der Waals surface area contributed by atoms with Gasteiger partial charge in [-0.2, -0.15) is 0 Å². The first kappa shape index (κ1) is 38.7. The Morgan fingerprint density at radius 1 is 0.968 bits per heavy atom. The van der Waals surface area contributed by atoms with E-state index in [-0.39, 0.29) is 42.7 Å². The predicted molar refractivity (Wildman–Crippen MR) is 116 cm³/mol. The van der Waals surface area contributed by atoms with E-state index in [1.165, 1.54) is 64.2 Å². The average molecular weight is 744 g/mol. The first-order valence-corrected chi connectivity index (χ1v) is 11.1. The Kier molecular flexibility index (Phi) is 33.4. The van der Waals surface area contributed by atoms with Gasteiger partial charge in [-0.1, -0.05) is 12.8 Å². The molecule has 2 fully saturated rings. The van der Waals surface area contributed by atoms with Gasteiger partial charge >= 0.3 is 33.9 Å². The Morgan fingerprint density at radius 3 is 1.74 bits per heavy atom. The second-order valence-corrected chi connectivity index (χ2v) is 8.29. The minimum absolute atomic E-state index is 0. The minimum atomic E-state index is 0. The van der Waals surface area contributed by atoms with Gasteiger partial charge in [-0.3, -0.25) is 0 Å². The van der Waals surface area contributed by atoms with Crippen molar-refractivity contribution in [1.29, 1.82) is 0 Å². The van der Waals surface area contributed by atoms with Crippen molar-refractivity contribution in [3.05, 3.63) is 38.2 Å². The second-order valence-electron chi connectivity index (χ2n) is 6.41. The molecular weight excluding hydrogens is 717 g/mol. The van der Waals surface area contributed by atoms with Crippen molar-refractivity contribution < 1.29 is 55.9 Å². The van der Waals surface area contributed by atoms with Crippen LogP contribution in [0.25, 0.3) is 0 Å². The molecule has 1 aromatic heterocycles. The molecule has 0 spiro atoms. The number of halogens is 3. The van der Waals surface area contributed by atoms with Crippen LogP contribution >= 0.6 is 35.4 Å². The molecule has 0 saturated heterocycles. The molecule has 11 heteroatoms. The van der Waals surface area contributed by atoms with E-state index >= 15 is 0 Å². The maximum Gasteiger partial charge on any atom is 0 e. The van der Waals surface area contributed by atoms with Crippen molar-refractivity contribution in [2.24, 2.45) is 0 Å². The van der Waals surface area contributed by atoms with Crippen LogP contribution in [0.15, 0.2) is 12.4 Å². The maximum atomic E-state index is 7.50. The van der Waals surface area contributed by atoms with Gasteiger partial charge < -0.3 is 41.8 Å². The van der Waals surface area contributed by atoms with Crippen LogP contribution in [0, 0.1) is 20.0 Å². The fraction of sp³-hybridized carbons (Fsp3) is 0.650. The van der Waals surface area contributed by atoms with Gasteiger partial charge in [0.25, 0.3) is 5.82 Å². The van der Waals surface area contributed by atoms with Gasteiger partial charge in [0.2, 0.25) is 0 Å². The zero-order valence-corrected chi connectivity index (χ0v) is 24.5. The molecule has 0 bridgehead atoms. The van der Waals surface area contributed by atoms with Gasteiger partial charge in [-0.15, -0.1) is 23.2 Å². The fourth-order valence-corrected chi connectivity index (χ4v) is 4.36. The van der Waals surface area contributed by atoms with Crippen LogP contribution in [0.5, 0.6) is 0 Å². The summed E-state index contributed by atoms with van der Waals surface area (Å²) < 4.78 is 27.9. The number of rotatable bonds is 3. The number of hydrogen-bond donors (Lipinski definition) is 0. The van der Waals surface area contributed by atoms with E-state index in [1.54, 1.807) is 0 Å². The normalized spacial score (nSPS) is 15.0. The molecule has 2 aliphatic carbocycles. The summed E-state index contributed by atoms with van der Waals surface area (Å²) in [7, 11) is 0. The molecule has 31 heavy (non-hydrogen) atoms. The standard InChI is InChI=1S/C16H24N2S2.CH2Cl2.3CO.BrH.Re/c19-16(20)15-17(13-7-3-1-4-8-13)11-12-18(15)14-9-5-2-6-10-14;2-1-3;3*1-2;;/h11-14H,1-10H2;1H2;;;;1H;/p-1. The minimum Gasteiger partial charge on any atom is 0 e. The van der Waals surface area contributed by atoms with Crippen LogP contribution in [-0.4, -0.2) is 14.1 Å². The molecule has 1 heterocycles.